The molecule has 5 heteroatoms. The fraction of sp³-hybridized carbons (Fsp3) is 0.188. The molecule has 0 aliphatic carbocycles. The molecule has 21 heavy (non-hydrogen) atoms. The van der Waals surface area contributed by atoms with E-state index in [0.29, 0.717) is 0 Å². The van der Waals surface area contributed by atoms with Crippen molar-refractivity contribution in [1.29, 1.82) is 0 Å². The first-order valence-electron chi connectivity index (χ1n) is 6.52. The second-order valence-electron chi connectivity index (χ2n) is 4.58. The lowest BCUT2D eigenvalue weighted by Gasteiger charge is -2.20. The van der Waals surface area contributed by atoms with E-state index in [1.807, 2.05) is 48.5 Å². The van der Waals surface area contributed by atoms with E-state index in [1.165, 1.54) is 0 Å². The summed E-state index contributed by atoms with van der Waals surface area (Å²) in [6, 6.07) is 15.6. The Balaban J connectivity index is 2.35. The van der Waals surface area contributed by atoms with E-state index in [9.17, 15) is 4.79 Å². The van der Waals surface area contributed by atoms with Crippen LogP contribution in [0.25, 0.3) is 0 Å². The number of methoxy groups -OCH3 is 1. The van der Waals surface area contributed by atoms with Gasteiger partial charge in [0.2, 0.25) is 5.91 Å². The first kappa shape index (κ1) is 15.5. The standard InChI is InChI=1S/C16H17BrN2O2/c1-21-14-8-7-12(9-13(14)17)16(19-10-15(18)20)11-5-3-2-4-6-11/h2-9,16,19H,10H2,1H3,(H2,18,20). The van der Waals surface area contributed by atoms with Crippen LogP contribution in [0.4, 0.5) is 0 Å². The summed E-state index contributed by atoms with van der Waals surface area (Å²) < 4.78 is 6.11. The summed E-state index contributed by atoms with van der Waals surface area (Å²) in [4.78, 5) is 11.1. The molecule has 0 fully saturated rings. The lowest BCUT2D eigenvalue weighted by atomic mass is 9.98. The summed E-state index contributed by atoms with van der Waals surface area (Å²) in [5, 5.41) is 3.18. The van der Waals surface area contributed by atoms with Gasteiger partial charge in [0, 0.05) is 0 Å². The fourth-order valence-electron chi connectivity index (χ4n) is 2.14. The minimum absolute atomic E-state index is 0.110. The molecule has 110 valence electrons. The Labute approximate surface area is 132 Å². The predicted molar refractivity (Wildman–Crippen MR) is 86.2 cm³/mol. The quantitative estimate of drug-likeness (QED) is 0.843. The molecule has 0 aliphatic rings. The Morgan fingerprint density at radius 1 is 1.24 bits per heavy atom. The largest absolute Gasteiger partial charge is 0.496 e. The predicted octanol–water partition coefficient (Wildman–Crippen LogP) is 2.62. The third kappa shape index (κ3) is 4.06. The topological polar surface area (TPSA) is 64.3 Å². The number of primary amides is 1. The molecule has 2 rings (SSSR count). The van der Waals surface area contributed by atoms with E-state index in [-0.39, 0.29) is 18.5 Å². The van der Waals surface area contributed by atoms with E-state index in [4.69, 9.17) is 10.5 Å². The molecule has 2 aromatic carbocycles. The van der Waals surface area contributed by atoms with Crippen LogP contribution < -0.4 is 15.8 Å². The van der Waals surface area contributed by atoms with Gasteiger partial charge in [0.25, 0.3) is 0 Å². The highest BCUT2D eigenvalue weighted by molar-refractivity contribution is 9.10. The van der Waals surface area contributed by atoms with E-state index in [2.05, 4.69) is 21.2 Å². The molecular weight excluding hydrogens is 332 g/mol. The maximum Gasteiger partial charge on any atom is 0.231 e. The molecule has 2 aromatic rings. The fourth-order valence-corrected chi connectivity index (χ4v) is 2.70. The second kappa shape index (κ2) is 7.24. The van der Waals surface area contributed by atoms with Gasteiger partial charge in [-0.05, 0) is 39.2 Å². The molecule has 1 unspecified atom stereocenters. The first-order valence-corrected chi connectivity index (χ1v) is 7.31. The van der Waals surface area contributed by atoms with Gasteiger partial charge in [0.15, 0.2) is 0 Å². The molecule has 0 radical (unpaired) electrons. The third-order valence-corrected chi connectivity index (χ3v) is 3.74. The van der Waals surface area contributed by atoms with Crippen molar-refractivity contribution in [1.82, 2.24) is 5.32 Å². The first-order chi connectivity index (χ1) is 10.1. The molecule has 0 aliphatic heterocycles. The number of halogens is 1. The summed E-state index contributed by atoms with van der Waals surface area (Å²) >= 11 is 3.48. The van der Waals surface area contributed by atoms with Crippen molar-refractivity contribution in [2.75, 3.05) is 13.7 Å². The van der Waals surface area contributed by atoms with Crippen molar-refractivity contribution in [3.8, 4) is 5.75 Å². The van der Waals surface area contributed by atoms with Crippen LogP contribution in [0, 0.1) is 0 Å². The molecule has 3 N–H and O–H groups in total. The number of hydrogen-bond acceptors (Lipinski definition) is 3. The highest BCUT2D eigenvalue weighted by atomic mass is 79.9. The Kier molecular flexibility index (Phi) is 5.36. The molecule has 4 nitrogen and oxygen atoms in total. The van der Waals surface area contributed by atoms with Crippen molar-refractivity contribution in [2.24, 2.45) is 5.73 Å². The summed E-state index contributed by atoms with van der Waals surface area (Å²) in [7, 11) is 1.62. The van der Waals surface area contributed by atoms with Crippen molar-refractivity contribution >= 4 is 21.8 Å². The van der Waals surface area contributed by atoms with Gasteiger partial charge in [-0.2, -0.15) is 0 Å². The third-order valence-electron chi connectivity index (χ3n) is 3.12. The zero-order valence-corrected chi connectivity index (χ0v) is 13.3. The summed E-state index contributed by atoms with van der Waals surface area (Å²) in [5.41, 5.74) is 7.33. The van der Waals surface area contributed by atoms with Gasteiger partial charge in [-0.3, -0.25) is 10.1 Å². The van der Waals surface area contributed by atoms with Crippen LogP contribution in [0.15, 0.2) is 53.0 Å². The second-order valence-corrected chi connectivity index (χ2v) is 5.44. The van der Waals surface area contributed by atoms with Crippen molar-refractivity contribution < 1.29 is 9.53 Å². The molecular formula is C16H17BrN2O2. The zero-order chi connectivity index (χ0) is 15.2. The van der Waals surface area contributed by atoms with Crippen LogP contribution in [0.1, 0.15) is 17.2 Å². The lowest BCUT2D eigenvalue weighted by molar-refractivity contribution is -0.117. The Hall–Kier alpha value is -1.85. The van der Waals surface area contributed by atoms with Gasteiger partial charge in [-0.25, -0.2) is 0 Å². The summed E-state index contributed by atoms with van der Waals surface area (Å²) in [6.07, 6.45) is 0. The number of hydrogen-bond donors (Lipinski definition) is 2. The number of nitrogens with one attached hydrogen (secondary N) is 1. The zero-order valence-electron chi connectivity index (χ0n) is 11.7. The summed E-state index contributed by atoms with van der Waals surface area (Å²) in [5.74, 6) is 0.379. The van der Waals surface area contributed by atoms with Gasteiger partial charge >= 0.3 is 0 Å². The van der Waals surface area contributed by atoms with Crippen molar-refractivity contribution in [2.45, 2.75) is 6.04 Å². The normalized spacial score (nSPS) is 11.9. The van der Waals surface area contributed by atoms with Gasteiger partial charge in [-0.1, -0.05) is 36.4 Å². The number of rotatable bonds is 6. The Bertz CT molecular complexity index is 617. The monoisotopic (exact) mass is 348 g/mol. The maximum absolute atomic E-state index is 11.1. The van der Waals surface area contributed by atoms with Gasteiger partial charge in [0.05, 0.1) is 24.2 Å². The van der Waals surface area contributed by atoms with Crippen LogP contribution in [0.2, 0.25) is 0 Å². The molecule has 1 amide bonds. The average molecular weight is 349 g/mol. The molecule has 0 spiro atoms. The van der Waals surface area contributed by atoms with Gasteiger partial charge in [0.1, 0.15) is 5.75 Å². The molecule has 1 atom stereocenters. The van der Waals surface area contributed by atoms with Gasteiger partial charge in [-0.15, -0.1) is 0 Å². The van der Waals surface area contributed by atoms with Crippen LogP contribution in [0.5, 0.6) is 5.75 Å². The number of carbonyl (C=O) groups is 1. The molecule has 0 saturated heterocycles. The highest BCUT2D eigenvalue weighted by Gasteiger charge is 2.15. The van der Waals surface area contributed by atoms with Crippen LogP contribution in [-0.2, 0) is 4.79 Å². The number of ether oxygens (including phenoxy) is 1. The lowest BCUT2D eigenvalue weighted by Crippen LogP contribution is -2.32. The van der Waals surface area contributed by atoms with E-state index < -0.39 is 0 Å². The molecule has 0 aromatic heterocycles. The minimum Gasteiger partial charge on any atom is -0.496 e. The Morgan fingerprint density at radius 3 is 2.52 bits per heavy atom. The maximum atomic E-state index is 11.1. The number of benzene rings is 2. The van der Waals surface area contributed by atoms with Crippen LogP contribution in [0.3, 0.4) is 0 Å². The molecule has 0 heterocycles. The smallest absolute Gasteiger partial charge is 0.231 e. The number of carbonyl (C=O) groups excluding carboxylic acids is 1. The average Bonchev–Trinajstić information content (AvgIpc) is 2.48. The van der Waals surface area contributed by atoms with E-state index in [0.717, 1.165) is 21.3 Å². The van der Waals surface area contributed by atoms with Crippen LogP contribution in [-0.4, -0.2) is 19.6 Å². The van der Waals surface area contributed by atoms with E-state index in [1.54, 1.807) is 7.11 Å². The molecule has 0 bridgehead atoms. The van der Waals surface area contributed by atoms with Crippen LogP contribution >= 0.6 is 15.9 Å². The van der Waals surface area contributed by atoms with Crippen molar-refractivity contribution in [3.63, 3.8) is 0 Å². The SMILES string of the molecule is COc1ccc(C(NCC(N)=O)c2ccccc2)cc1Br. The number of amides is 1. The summed E-state index contributed by atoms with van der Waals surface area (Å²) in [6.45, 7) is 0.114. The highest BCUT2D eigenvalue weighted by Crippen LogP contribution is 2.30. The van der Waals surface area contributed by atoms with Crippen molar-refractivity contribution in [3.05, 3.63) is 64.1 Å². The van der Waals surface area contributed by atoms with Gasteiger partial charge < -0.3 is 10.5 Å². The Morgan fingerprint density at radius 2 is 1.95 bits per heavy atom. The van der Waals surface area contributed by atoms with E-state index >= 15 is 0 Å². The molecule has 0 saturated carbocycles. The number of nitrogens with two attached hydrogens (primary N) is 1. The minimum atomic E-state index is -0.386.